The molecule has 0 N–H and O–H groups in total. The van der Waals surface area contributed by atoms with E-state index in [0.29, 0.717) is 11.8 Å². The first-order valence-electron chi connectivity index (χ1n) is 2.47. The molecule has 4 nitrogen and oxygen atoms in total. The van der Waals surface area contributed by atoms with Crippen molar-refractivity contribution in [3.05, 3.63) is 5.21 Å². The van der Waals surface area contributed by atoms with Crippen molar-refractivity contribution >= 4 is 0 Å². The maximum Gasteiger partial charge on any atom is 0.0227 e. The third kappa shape index (κ3) is 4.01. The summed E-state index contributed by atoms with van der Waals surface area (Å²) in [5, 5.41) is 11.9. The van der Waals surface area contributed by atoms with E-state index in [1.54, 1.807) is 7.05 Å². The minimum absolute atomic E-state index is 0.406. The van der Waals surface area contributed by atoms with Gasteiger partial charge in [-0.2, -0.15) is 5.06 Å². The highest BCUT2D eigenvalue weighted by atomic mass is 17.0. The predicted molar refractivity (Wildman–Crippen MR) is 30.5 cm³/mol. The SMILES string of the molecule is CCN(C)ON(C)[O-]. The Balaban J connectivity index is 3.10. The maximum absolute atomic E-state index is 10.1. The van der Waals surface area contributed by atoms with Crippen LogP contribution in [0.15, 0.2) is 0 Å². The molecule has 0 aromatic rings. The van der Waals surface area contributed by atoms with Crippen LogP contribution in [0.2, 0.25) is 0 Å². The van der Waals surface area contributed by atoms with Crippen LogP contribution in [0.1, 0.15) is 6.92 Å². The number of hydrogen-bond donors (Lipinski definition) is 0. The molecule has 0 heterocycles. The average molecular weight is 119 g/mol. The second-order valence-electron chi connectivity index (χ2n) is 1.47. The molecular formula is C4H11N2O2-. The van der Waals surface area contributed by atoms with Crippen molar-refractivity contribution in [2.75, 3.05) is 20.6 Å². The minimum atomic E-state index is 0.406. The van der Waals surface area contributed by atoms with Crippen LogP contribution in [0.5, 0.6) is 0 Å². The smallest absolute Gasteiger partial charge is 0.0227 e. The molecule has 0 unspecified atom stereocenters. The molecule has 0 saturated heterocycles. The molecule has 0 aliphatic carbocycles. The fraction of sp³-hybridized carbons (Fsp3) is 1.00. The van der Waals surface area contributed by atoms with E-state index < -0.39 is 0 Å². The van der Waals surface area contributed by atoms with Gasteiger partial charge in [0.2, 0.25) is 0 Å². The topological polar surface area (TPSA) is 38.8 Å². The van der Waals surface area contributed by atoms with Crippen LogP contribution in [0.3, 0.4) is 0 Å². The second-order valence-corrected chi connectivity index (χ2v) is 1.47. The van der Waals surface area contributed by atoms with Crippen LogP contribution in [0.25, 0.3) is 0 Å². The maximum atomic E-state index is 10.1. The quantitative estimate of drug-likeness (QED) is 0.498. The van der Waals surface area contributed by atoms with Gasteiger partial charge in [-0.05, 0) is 0 Å². The van der Waals surface area contributed by atoms with E-state index >= 15 is 0 Å². The Kier molecular flexibility index (Phi) is 3.72. The zero-order valence-corrected chi connectivity index (χ0v) is 5.42. The Labute approximate surface area is 49.1 Å². The summed E-state index contributed by atoms with van der Waals surface area (Å²) in [6.07, 6.45) is 0. The lowest BCUT2D eigenvalue weighted by Gasteiger charge is -2.25. The Hall–Kier alpha value is -0.160. The van der Waals surface area contributed by atoms with Crippen LogP contribution < -0.4 is 0 Å². The normalized spacial score (nSPS) is 11.2. The standard InChI is InChI=1S/C4H11N2O2/c1-4-5(2)8-6(3)7/h4H2,1-3H3/q-1. The van der Waals surface area contributed by atoms with Gasteiger partial charge >= 0.3 is 0 Å². The van der Waals surface area contributed by atoms with Gasteiger partial charge in [-0.25, -0.2) is 10.2 Å². The molecule has 0 bridgehead atoms. The van der Waals surface area contributed by atoms with Crippen molar-refractivity contribution in [1.82, 2.24) is 10.3 Å². The highest BCUT2D eigenvalue weighted by molar-refractivity contribution is 4.25. The summed E-state index contributed by atoms with van der Waals surface area (Å²) in [5.74, 6) is 0. The first-order chi connectivity index (χ1) is 3.66. The van der Waals surface area contributed by atoms with Gasteiger partial charge in [-0.1, -0.05) is 6.92 Å². The summed E-state index contributed by atoms with van der Waals surface area (Å²) in [5.41, 5.74) is 0. The lowest BCUT2D eigenvalue weighted by molar-refractivity contribution is -0.280. The Morgan fingerprint density at radius 3 is 2.12 bits per heavy atom. The molecule has 0 atom stereocenters. The van der Waals surface area contributed by atoms with Gasteiger partial charge in [0.05, 0.1) is 0 Å². The third-order valence-electron chi connectivity index (χ3n) is 0.700. The molecule has 0 aromatic heterocycles. The van der Waals surface area contributed by atoms with Gasteiger partial charge in [-0.3, -0.25) is 0 Å². The van der Waals surface area contributed by atoms with E-state index in [1.165, 1.54) is 12.1 Å². The first-order valence-corrected chi connectivity index (χ1v) is 2.47. The number of rotatable bonds is 3. The molecule has 0 aliphatic rings. The molecule has 0 radical (unpaired) electrons. The second kappa shape index (κ2) is 3.80. The van der Waals surface area contributed by atoms with E-state index in [0.717, 1.165) is 0 Å². The summed E-state index contributed by atoms with van der Waals surface area (Å²) in [6.45, 7) is 2.59. The van der Waals surface area contributed by atoms with Gasteiger partial charge < -0.3 is 5.21 Å². The van der Waals surface area contributed by atoms with E-state index in [-0.39, 0.29) is 0 Å². The Bertz CT molecular complexity index is 58.0. The average Bonchev–Trinajstić information content (AvgIpc) is 1.65. The van der Waals surface area contributed by atoms with E-state index in [2.05, 4.69) is 4.94 Å². The summed E-state index contributed by atoms with van der Waals surface area (Å²) >= 11 is 0. The fourth-order valence-electron chi connectivity index (χ4n) is 0.254. The molecule has 0 aliphatic heterocycles. The highest BCUT2D eigenvalue weighted by Gasteiger charge is 1.89. The van der Waals surface area contributed by atoms with Crippen LogP contribution in [0.4, 0.5) is 0 Å². The zero-order chi connectivity index (χ0) is 6.57. The van der Waals surface area contributed by atoms with Gasteiger partial charge in [0.15, 0.2) is 0 Å². The van der Waals surface area contributed by atoms with Crippen molar-refractivity contribution < 1.29 is 4.94 Å². The monoisotopic (exact) mass is 119 g/mol. The van der Waals surface area contributed by atoms with Crippen molar-refractivity contribution in [2.24, 2.45) is 0 Å². The third-order valence-corrected chi connectivity index (χ3v) is 0.700. The highest BCUT2D eigenvalue weighted by Crippen LogP contribution is 1.85. The van der Waals surface area contributed by atoms with Crippen molar-refractivity contribution in [2.45, 2.75) is 6.92 Å². The largest absolute Gasteiger partial charge is 0.761 e. The van der Waals surface area contributed by atoms with Crippen molar-refractivity contribution in [3.63, 3.8) is 0 Å². The fourth-order valence-corrected chi connectivity index (χ4v) is 0.254. The van der Waals surface area contributed by atoms with Gasteiger partial charge in [-0.15, -0.1) is 0 Å². The molecule has 0 rings (SSSR count). The van der Waals surface area contributed by atoms with Gasteiger partial charge in [0.25, 0.3) is 0 Å². The van der Waals surface area contributed by atoms with Gasteiger partial charge in [0.1, 0.15) is 0 Å². The Morgan fingerprint density at radius 1 is 1.50 bits per heavy atom. The van der Waals surface area contributed by atoms with Crippen LogP contribution in [0, 0.1) is 5.21 Å². The molecule has 8 heavy (non-hydrogen) atoms. The molecule has 0 amide bonds. The lowest BCUT2D eigenvalue weighted by atomic mass is 10.8. The Morgan fingerprint density at radius 2 is 2.00 bits per heavy atom. The molecule has 0 spiro atoms. The molecule has 0 aromatic carbocycles. The van der Waals surface area contributed by atoms with E-state index in [1.807, 2.05) is 6.92 Å². The molecule has 50 valence electrons. The first kappa shape index (κ1) is 7.84. The lowest BCUT2D eigenvalue weighted by Crippen LogP contribution is -2.25. The molecule has 4 heteroatoms. The molecular weight excluding hydrogens is 108 g/mol. The molecule has 0 fully saturated rings. The minimum Gasteiger partial charge on any atom is -0.761 e. The predicted octanol–water partition coefficient (Wildman–Crippen LogP) is 0.214. The summed E-state index contributed by atoms with van der Waals surface area (Å²) in [4.78, 5) is 4.51. The summed E-state index contributed by atoms with van der Waals surface area (Å²) in [7, 11) is 2.99. The number of hydrogen-bond acceptors (Lipinski definition) is 4. The zero-order valence-electron chi connectivity index (χ0n) is 5.42. The van der Waals surface area contributed by atoms with E-state index in [4.69, 9.17) is 0 Å². The van der Waals surface area contributed by atoms with Crippen LogP contribution >= 0.6 is 0 Å². The number of nitrogens with zero attached hydrogens (tertiary/aromatic N) is 2. The van der Waals surface area contributed by atoms with Crippen LogP contribution in [-0.2, 0) is 4.94 Å². The summed E-state index contributed by atoms with van der Waals surface area (Å²) in [6, 6.07) is 0. The van der Waals surface area contributed by atoms with Crippen molar-refractivity contribution in [1.29, 1.82) is 0 Å². The van der Waals surface area contributed by atoms with Crippen LogP contribution in [-0.4, -0.2) is 30.9 Å². The summed E-state index contributed by atoms with van der Waals surface area (Å²) < 4.78 is 0. The van der Waals surface area contributed by atoms with Gasteiger partial charge in [0, 0.05) is 20.6 Å². The number of hydroxylamine groups is 4. The molecule has 0 saturated carbocycles. The van der Waals surface area contributed by atoms with Crippen molar-refractivity contribution in [3.8, 4) is 0 Å². The van der Waals surface area contributed by atoms with E-state index in [9.17, 15) is 5.21 Å².